The van der Waals surface area contributed by atoms with Crippen molar-refractivity contribution in [2.45, 2.75) is 19.3 Å². The second kappa shape index (κ2) is 5.23. The Labute approximate surface area is 101 Å². The van der Waals surface area contributed by atoms with Crippen LogP contribution in [0.5, 0.6) is 0 Å². The number of hydrogen-bond acceptors (Lipinski definition) is 1. The van der Waals surface area contributed by atoms with Crippen LogP contribution >= 0.6 is 0 Å². The Morgan fingerprint density at radius 2 is 1.88 bits per heavy atom. The van der Waals surface area contributed by atoms with Gasteiger partial charge in [0.2, 0.25) is 0 Å². The molecule has 1 aliphatic carbocycles. The summed E-state index contributed by atoms with van der Waals surface area (Å²) in [6, 6.07) is 6.49. The molecule has 1 fully saturated rings. The lowest BCUT2D eigenvalue weighted by atomic mass is 9.86. The van der Waals surface area contributed by atoms with Crippen molar-refractivity contribution in [1.82, 2.24) is 0 Å². The van der Waals surface area contributed by atoms with Crippen LogP contribution in [0.2, 0.25) is 0 Å². The van der Waals surface area contributed by atoms with Gasteiger partial charge in [-0.1, -0.05) is 18.3 Å². The quantitative estimate of drug-likeness (QED) is 0.744. The zero-order valence-electron chi connectivity index (χ0n) is 9.36. The molecule has 2 heteroatoms. The van der Waals surface area contributed by atoms with Crippen molar-refractivity contribution in [2.75, 3.05) is 0 Å². The fourth-order valence-electron chi connectivity index (χ4n) is 1.49. The summed E-state index contributed by atoms with van der Waals surface area (Å²) in [6.45, 7) is 0. The molecule has 1 aromatic carbocycles. The van der Waals surface area contributed by atoms with Gasteiger partial charge in [0, 0.05) is 11.5 Å². The van der Waals surface area contributed by atoms with E-state index in [1.54, 1.807) is 24.3 Å². The maximum Gasteiger partial charge on any atom is 0.335 e. The Morgan fingerprint density at radius 1 is 1.18 bits per heavy atom. The van der Waals surface area contributed by atoms with Crippen molar-refractivity contribution in [2.24, 2.45) is 5.92 Å². The van der Waals surface area contributed by atoms with Gasteiger partial charge >= 0.3 is 5.97 Å². The SMILES string of the molecule is O=C(O)c1ccc(C#CC#CC2CCC2)cc1. The van der Waals surface area contributed by atoms with E-state index in [9.17, 15) is 4.79 Å². The molecule has 0 amide bonds. The number of aromatic carboxylic acids is 1. The van der Waals surface area contributed by atoms with Crippen LogP contribution in [-0.2, 0) is 0 Å². The van der Waals surface area contributed by atoms with E-state index in [1.165, 1.54) is 19.3 Å². The average molecular weight is 224 g/mol. The van der Waals surface area contributed by atoms with E-state index in [2.05, 4.69) is 23.7 Å². The first kappa shape index (κ1) is 11.3. The summed E-state index contributed by atoms with van der Waals surface area (Å²) in [5, 5.41) is 8.73. The molecule has 1 saturated carbocycles. The van der Waals surface area contributed by atoms with Gasteiger partial charge in [0.05, 0.1) is 5.56 Å². The summed E-state index contributed by atoms with van der Waals surface area (Å²) >= 11 is 0. The van der Waals surface area contributed by atoms with Gasteiger partial charge in [-0.25, -0.2) is 4.79 Å². The molecule has 1 N–H and O–H groups in total. The van der Waals surface area contributed by atoms with Crippen LogP contribution in [0, 0.1) is 29.6 Å². The number of carbonyl (C=O) groups is 1. The van der Waals surface area contributed by atoms with Crippen LogP contribution < -0.4 is 0 Å². The van der Waals surface area contributed by atoms with Gasteiger partial charge in [0.25, 0.3) is 0 Å². The van der Waals surface area contributed by atoms with Crippen LogP contribution in [-0.4, -0.2) is 11.1 Å². The number of carboxylic acids is 1. The van der Waals surface area contributed by atoms with Gasteiger partial charge in [-0.2, -0.15) is 0 Å². The molecule has 0 atom stereocenters. The fourth-order valence-corrected chi connectivity index (χ4v) is 1.49. The van der Waals surface area contributed by atoms with E-state index in [-0.39, 0.29) is 5.56 Å². The van der Waals surface area contributed by atoms with Gasteiger partial charge in [-0.3, -0.25) is 0 Å². The van der Waals surface area contributed by atoms with Gasteiger partial charge in [-0.05, 0) is 48.9 Å². The largest absolute Gasteiger partial charge is 0.478 e. The first-order valence-electron chi connectivity index (χ1n) is 5.60. The third-order valence-corrected chi connectivity index (χ3v) is 2.78. The zero-order chi connectivity index (χ0) is 12.1. The molecule has 0 bridgehead atoms. The number of carboxylic acid groups (broad SMARTS) is 1. The maximum atomic E-state index is 10.6. The number of rotatable bonds is 1. The molecule has 0 aromatic heterocycles. The normalized spacial score (nSPS) is 13.6. The van der Waals surface area contributed by atoms with Crippen LogP contribution in [0.4, 0.5) is 0 Å². The first-order chi connectivity index (χ1) is 8.25. The number of hydrogen-bond donors (Lipinski definition) is 1. The molecule has 2 nitrogen and oxygen atoms in total. The molecule has 2 rings (SSSR count). The molecule has 0 heterocycles. The number of benzene rings is 1. The smallest absolute Gasteiger partial charge is 0.335 e. The fraction of sp³-hybridized carbons (Fsp3) is 0.267. The highest BCUT2D eigenvalue weighted by molar-refractivity contribution is 5.87. The second-order valence-corrected chi connectivity index (χ2v) is 4.03. The third kappa shape index (κ3) is 3.13. The van der Waals surface area contributed by atoms with Crippen molar-refractivity contribution in [3.05, 3.63) is 35.4 Å². The predicted octanol–water partition coefficient (Wildman–Crippen LogP) is 2.54. The molecule has 0 spiro atoms. The summed E-state index contributed by atoms with van der Waals surface area (Å²) in [5.74, 6) is 11.3. The van der Waals surface area contributed by atoms with Crippen molar-refractivity contribution < 1.29 is 9.90 Å². The Balaban J connectivity index is 2.00. The maximum absolute atomic E-state index is 10.6. The van der Waals surface area contributed by atoms with E-state index in [0.29, 0.717) is 5.92 Å². The van der Waals surface area contributed by atoms with Gasteiger partial charge < -0.3 is 5.11 Å². The molecule has 1 aromatic rings. The van der Waals surface area contributed by atoms with E-state index in [4.69, 9.17) is 5.11 Å². The molecular formula is C15H12O2. The van der Waals surface area contributed by atoms with Crippen LogP contribution in [0.3, 0.4) is 0 Å². The third-order valence-electron chi connectivity index (χ3n) is 2.78. The van der Waals surface area contributed by atoms with Crippen molar-refractivity contribution in [3.8, 4) is 23.7 Å². The van der Waals surface area contributed by atoms with Gasteiger partial charge in [-0.15, -0.1) is 0 Å². The molecule has 0 radical (unpaired) electrons. The molecule has 0 unspecified atom stereocenters. The standard InChI is InChI=1S/C15H12O2/c16-15(17)14-10-8-13(9-11-14)5-2-1-4-12-6-3-7-12/h8-12H,3,6-7H2,(H,16,17). The molecular weight excluding hydrogens is 212 g/mol. The monoisotopic (exact) mass is 224 g/mol. The van der Waals surface area contributed by atoms with Crippen molar-refractivity contribution in [1.29, 1.82) is 0 Å². The lowest BCUT2D eigenvalue weighted by Crippen LogP contribution is -2.07. The van der Waals surface area contributed by atoms with Crippen molar-refractivity contribution in [3.63, 3.8) is 0 Å². The Morgan fingerprint density at radius 3 is 2.41 bits per heavy atom. The summed E-state index contributed by atoms with van der Waals surface area (Å²) in [4.78, 5) is 10.6. The van der Waals surface area contributed by atoms with Gasteiger partial charge in [0.1, 0.15) is 0 Å². The van der Waals surface area contributed by atoms with Gasteiger partial charge in [0.15, 0.2) is 0 Å². The molecule has 0 aliphatic heterocycles. The molecule has 17 heavy (non-hydrogen) atoms. The molecule has 0 saturated heterocycles. The van der Waals surface area contributed by atoms with Crippen LogP contribution in [0.1, 0.15) is 35.2 Å². The predicted molar refractivity (Wildman–Crippen MR) is 65.4 cm³/mol. The van der Waals surface area contributed by atoms with E-state index >= 15 is 0 Å². The highest BCUT2D eigenvalue weighted by Crippen LogP contribution is 2.24. The Hall–Kier alpha value is -2.19. The highest BCUT2D eigenvalue weighted by Gasteiger charge is 2.13. The minimum atomic E-state index is -0.922. The average Bonchev–Trinajstić information content (AvgIpc) is 2.27. The summed E-state index contributed by atoms with van der Waals surface area (Å²) < 4.78 is 0. The Bertz CT molecular complexity index is 528. The van der Waals surface area contributed by atoms with Crippen LogP contribution in [0.15, 0.2) is 24.3 Å². The zero-order valence-corrected chi connectivity index (χ0v) is 9.36. The van der Waals surface area contributed by atoms with E-state index < -0.39 is 5.97 Å². The van der Waals surface area contributed by atoms with E-state index in [1.807, 2.05) is 0 Å². The Kier molecular flexibility index (Phi) is 3.48. The lowest BCUT2D eigenvalue weighted by molar-refractivity contribution is 0.0697. The lowest BCUT2D eigenvalue weighted by Gasteiger charge is -2.18. The minimum Gasteiger partial charge on any atom is -0.478 e. The summed E-state index contributed by atoms with van der Waals surface area (Å²) in [5.41, 5.74) is 1.06. The van der Waals surface area contributed by atoms with E-state index in [0.717, 1.165) is 5.56 Å². The van der Waals surface area contributed by atoms with Crippen molar-refractivity contribution >= 4 is 5.97 Å². The topological polar surface area (TPSA) is 37.3 Å². The second-order valence-electron chi connectivity index (χ2n) is 4.03. The summed E-state index contributed by atoms with van der Waals surface area (Å²) in [6.07, 6.45) is 3.67. The van der Waals surface area contributed by atoms with Crippen LogP contribution in [0.25, 0.3) is 0 Å². The minimum absolute atomic E-state index is 0.274. The first-order valence-corrected chi connectivity index (χ1v) is 5.60. The molecule has 84 valence electrons. The summed E-state index contributed by atoms with van der Waals surface area (Å²) in [7, 11) is 0. The molecule has 1 aliphatic rings. The highest BCUT2D eigenvalue weighted by atomic mass is 16.4.